The summed E-state index contributed by atoms with van der Waals surface area (Å²) in [5.74, 6) is -0.981. The monoisotopic (exact) mass is 478 g/mol. The predicted molar refractivity (Wildman–Crippen MR) is 126 cm³/mol. The van der Waals surface area contributed by atoms with Crippen LogP contribution in [0.5, 0.6) is 0 Å². The van der Waals surface area contributed by atoms with Crippen molar-refractivity contribution in [3.8, 4) is 0 Å². The molecule has 2 aromatic carbocycles. The number of aromatic carboxylic acids is 1. The average Bonchev–Trinajstić information content (AvgIpc) is 2.73. The molecule has 0 bridgehead atoms. The molecule has 3 rings (SSSR count). The lowest BCUT2D eigenvalue weighted by Crippen LogP contribution is -2.29. The van der Waals surface area contributed by atoms with Crippen molar-refractivity contribution >= 4 is 46.5 Å². The molecule has 1 heterocycles. The summed E-state index contributed by atoms with van der Waals surface area (Å²) < 4.78 is 1.58. The number of hydrogen-bond donors (Lipinski definition) is 1. The van der Waals surface area contributed by atoms with Crippen molar-refractivity contribution < 1.29 is 9.90 Å². The molecule has 8 heteroatoms. The Bertz CT molecular complexity index is 1170. The normalized spacial score (nSPS) is 10.9. The van der Waals surface area contributed by atoms with Crippen LogP contribution >= 0.6 is 34.8 Å². The van der Waals surface area contributed by atoms with Crippen molar-refractivity contribution in [1.82, 2.24) is 4.57 Å². The van der Waals surface area contributed by atoms with E-state index < -0.39 is 5.97 Å². The molecule has 0 atom stereocenters. The van der Waals surface area contributed by atoms with Gasteiger partial charge in [-0.05, 0) is 54.8 Å². The minimum atomic E-state index is -0.981. The maximum atomic E-state index is 12.8. The standard InChI is InChI=1S/C23H21Cl3N2O3/c1-14-17(24)4-3-5-20(14)27(2)13-21-18(25)12-19(26)22(29)28(21)11-10-15-6-8-16(9-7-15)23(30)31/h3-9,12H,10-11,13H2,1-2H3,(H,30,31). The van der Waals surface area contributed by atoms with Crippen molar-refractivity contribution in [2.45, 2.75) is 26.4 Å². The summed E-state index contributed by atoms with van der Waals surface area (Å²) in [6.07, 6.45) is 0.517. The molecule has 0 spiro atoms. The largest absolute Gasteiger partial charge is 0.478 e. The SMILES string of the molecule is Cc1c(Cl)cccc1N(C)Cc1c(Cl)cc(Cl)c(=O)n1CCc1ccc(C(=O)O)cc1. The highest BCUT2D eigenvalue weighted by Crippen LogP contribution is 2.28. The quantitative estimate of drug-likeness (QED) is 0.472. The number of halogens is 3. The topological polar surface area (TPSA) is 62.5 Å². The van der Waals surface area contributed by atoms with Crippen LogP contribution in [0.25, 0.3) is 0 Å². The van der Waals surface area contributed by atoms with Gasteiger partial charge in [0.15, 0.2) is 0 Å². The zero-order chi connectivity index (χ0) is 22.7. The number of carboxylic acid groups (broad SMARTS) is 1. The van der Waals surface area contributed by atoms with Crippen molar-refractivity contribution in [2.24, 2.45) is 0 Å². The summed E-state index contributed by atoms with van der Waals surface area (Å²) in [5, 5.41) is 10.2. The summed E-state index contributed by atoms with van der Waals surface area (Å²) in [4.78, 5) is 25.8. The van der Waals surface area contributed by atoms with Gasteiger partial charge in [-0.1, -0.05) is 53.0 Å². The number of rotatable bonds is 7. The van der Waals surface area contributed by atoms with E-state index in [0.29, 0.717) is 35.2 Å². The first-order chi connectivity index (χ1) is 14.7. The average molecular weight is 480 g/mol. The van der Waals surface area contributed by atoms with Crippen LogP contribution in [-0.4, -0.2) is 22.7 Å². The van der Waals surface area contributed by atoms with Gasteiger partial charge in [0.05, 0.1) is 22.8 Å². The minimum absolute atomic E-state index is 0.0524. The molecule has 5 nitrogen and oxygen atoms in total. The second kappa shape index (κ2) is 9.77. The van der Waals surface area contributed by atoms with Crippen LogP contribution in [0.1, 0.15) is 27.2 Å². The van der Waals surface area contributed by atoms with Gasteiger partial charge in [-0.25, -0.2) is 4.79 Å². The molecule has 0 saturated heterocycles. The van der Waals surface area contributed by atoms with Gasteiger partial charge >= 0.3 is 5.97 Å². The summed E-state index contributed by atoms with van der Waals surface area (Å²) >= 11 is 18.9. The third-order valence-electron chi connectivity index (χ3n) is 5.17. The van der Waals surface area contributed by atoms with Gasteiger partial charge in [-0.2, -0.15) is 0 Å². The molecule has 0 amide bonds. The van der Waals surface area contributed by atoms with E-state index in [0.717, 1.165) is 16.8 Å². The van der Waals surface area contributed by atoms with Gasteiger partial charge < -0.3 is 14.6 Å². The fourth-order valence-electron chi connectivity index (χ4n) is 3.41. The van der Waals surface area contributed by atoms with Crippen LogP contribution < -0.4 is 10.5 Å². The van der Waals surface area contributed by atoms with Crippen LogP contribution in [0.15, 0.2) is 53.3 Å². The van der Waals surface area contributed by atoms with Gasteiger partial charge in [0.25, 0.3) is 5.56 Å². The molecule has 0 unspecified atom stereocenters. The molecular weight excluding hydrogens is 459 g/mol. The van der Waals surface area contributed by atoms with Crippen LogP contribution in [0.4, 0.5) is 5.69 Å². The van der Waals surface area contributed by atoms with Gasteiger partial charge in [0.2, 0.25) is 0 Å². The van der Waals surface area contributed by atoms with E-state index in [1.165, 1.54) is 6.07 Å². The summed E-state index contributed by atoms with van der Waals surface area (Å²) in [5.41, 5.74) is 3.30. The number of nitrogens with zero attached hydrogens (tertiary/aromatic N) is 2. The molecular formula is C23H21Cl3N2O3. The molecule has 162 valence electrons. The van der Waals surface area contributed by atoms with E-state index in [9.17, 15) is 9.59 Å². The molecule has 3 aromatic rings. The van der Waals surface area contributed by atoms with Gasteiger partial charge in [0.1, 0.15) is 5.02 Å². The predicted octanol–water partition coefficient (Wildman–Crippen LogP) is 5.69. The van der Waals surface area contributed by atoms with Gasteiger partial charge in [-0.3, -0.25) is 4.79 Å². The Hall–Kier alpha value is -2.47. The molecule has 0 fully saturated rings. The number of hydrogen-bond acceptors (Lipinski definition) is 3. The maximum Gasteiger partial charge on any atom is 0.335 e. The molecule has 0 aliphatic heterocycles. The van der Waals surface area contributed by atoms with Gasteiger partial charge in [-0.15, -0.1) is 0 Å². The highest BCUT2D eigenvalue weighted by atomic mass is 35.5. The second-order valence-electron chi connectivity index (χ2n) is 7.24. The summed E-state index contributed by atoms with van der Waals surface area (Å²) in [7, 11) is 1.91. The van der Waals surface area contributed by atoms with Crippen LogP contribution in [0.3, 0.4) is 0 Å². The Morgan fingerprint density at radius 1 is 1.03 bits per heavy atom. The highest BCUT2D eigenvalue weighted by Gasteiger charge is 2.16. The molecule has 0 aliphatic carbocycles. The molecule has 0 saturated carbocycles. The zero-order valence-electron chi connectivity index (χ0n) is 17.0. The van der Waals surface area contributed by atoms with E-state index in [1.54, 1.807) is 28.8 Å². The van der Waals surface area contributed by atoms with E-state index >= 15 is 0 Å². The smallest absolute Gasteiger partial charge is 0.335 e. The Kier molecular flexibility index (Phi) is 7.31. The Morgan fingerprint density at radius 3 is 2.35 bits per heavy atom. The third-order valence-corrected chi connectivity index (χ3v) is 6.17. The van der Waals surface area contributed by atoms with E-state index in [4.69, 9.17) is 39.9 Å². The molecule has 1 aromatic heterocycles. The van der Waals surface area contributed by atoms with E-state index in [-0.39, 0.29) is 16.1 Å². The minimum Gasteiger partial charge on any atom is -0.478 e. The Labute approximate surface area is 195 Å². The van der Waals surface area contributed by atoms with Crippen LogP contribution in [0, 0.1) is 6.92 Å². The fraction of sp³-hybridized carbons (Fsp3) is 0.217. The van der Waals surface area contributed by atoms with Crippen molar-refractivity contribution in [3.05, 3.63) is 96.3 Å². The lowest BCUT2D eigenvalue weighted by Gasteiger charge is -2.25. The lowest BCUT2D eigenvalue weighted by molar-refractivity contribution is 0.0697. The molecule has 1 N–H and O–H groups in total. The fourth-order valence-corrected chi connectivity index (χ4v) is 4.12. The number of aryl methyl sites for hydroxylation is 1. The summed E-state index contributed by atoms with van der Waals surface area (Å²) in [6.45, 7) is 2.67. The zero-order valence-corrected chi connectivity index (χ0v) is 19.3. The number of carboxylic acids is 1. The lowest BCUT2D eigenvalue weighted by atomic mass is 10.1. The Balaban J connectivity index is 1.90. The van der Waals surface area contributed by atoms with Crippen LogP contribution in [0.2, 0.25) is 15.1 Å². The van der Waals surface area contributed by atoms with Gasteiger partial charge in [0, 0.05) is 24.3 Å². The number of carbonyl (C=O) groups is 1. The number of pyridine rings is 1. The molecule has 31 heavy (non-hydrogen) atoms. The van der Waals surface area contributed by atoms with Crippen molar-refractivity contribution in [3.63, 3.8) is 0 Å². The van der Waals surface area contributed by atoms with Crippen molar-refractivity contribution in [2.75, 3.05) is 11.9 Å². The first kappa shape index (κ1) is 23.2. The Morgan fingerprint density at radius 2 is 1.71 bits per heavy atom. The van der Waals surface area contributed by atoms with Crippen LogP contribution in [-0.2, 0) is 19.5 Å². The molecule has 0 aliphatic rings. The first-order valence-electron chi connectivity index (χ1n) is 9.55. The summed E-state index contributed by atoms with van der Waals surface area (Å²) in [6, 6.07) is 13.7. The number of benzene rings is 2. The highest BCUT2D eigenvalue weighted by molar-refractivity contribution is 6.34. The number of anilines is 1. The first-order valence-corrected chi connectivity index (χ1v) is 10.7. The third kappa shape index (κ3) is 5.24. The molecule has 0 radical (unpaired) electrons. The maximum absolute atomic E-state index is 12.8. The second-order valence-corrected chi connectivity index (χ2v) is 8.46. The number of aromatic nitrogens is 1. The van der Waals surface area contributed by atoms with E-state index in [1.807, 2.05) is 37.1 Å². The van der Waals surface area contributed by atoms with Crippen molar-refractivity contribution in [1.29, 1.82) is 0 Å². The van der Waals surface area contributed by atoms with E-state index in [2.05, 4.69) is 0 Å².